The number of anilines is 3. The van der Waals surface area contributed by atoms with Crippen molar-refractivity contribution < 1.29 is 56.1 Å². The number of carbonyl (C=O) groups is 2. The van der Waals surface area contributed by atoms with Gasteiger partial charge in [0.2, 0.25) is 0 Å². The predicted octanol–water partition coefficient (Wildman–Crippen LogP) is 4.50. The molecule has 0 saturated carbocycles. The third-order valence-corrected chi connectivity index (χ3v) is 16.6. The van der Waals surface area contributed by atoms with Crippen molar-refractivity contribution in [3.63, 3.8) is 0 Å². The molecule has 9 rings (SSSR count). The number of hydrogen-bond acceptors (Lipinski definition) is 15. The number of H-pyrrole nitrogens is 3. The molecule has 29 heteroatoms. The molecule has 3 heterocycles. The molecule has 0 radical (unpaired) electrons. The van der Waals surface area contributed by atoms with E-state index in [-0.39, 0.29) is 58.3 Å². The quantitative estimate of drug-likeness (QED) is 0.0788. The topological polar surface area (TPSA) is 365 Å². The van der Waals surface area contributed by atoms with Crippen LogP contribution in [0.5, 0.6) is 0 Å². The highest BCUT2D eigenvalue weighted by Crippen LogP contribution is 2.29. The molecule has 6 aromatic carbocycles. The number of aromatic amines is 3. The van der Waals surface area contributed by atoms with Crippen LogP contribution in [0, 0.1) is 5.82 Å². The highest BCUT2D eigenvalue weighted by atomic mass is 32.2. The lowest BCUT2D eigenvalue weighted by Crippen LogP contribution is -2.18. The van der Waals surface area contributed by atoms with E-state index in [1.807, 2.05) is 0 Å². The van der Waals surface area contributed by atoms with Crippen LogP contribution in [0.3, 0.4) is 0 Å². The predicted molar refractivity (Wildman–Crippen MR) is 268 cm³/mol. The van der Waals surface area contributed by atoms with Gasteiger partial charge in [-0.2, -0.15) is 15.3 Å². The summed E-state index contributed by atoms with van der Waals surface area (Å²) in [6.07, 6.45) is 3.51. The van der Waals surface area contributed by atoms with Gasteiger partial charge in [-0.1, -0.05) is 30.3 Å². The minimum absolute atomic E-state index is 0.0566. The average Bonchev–Trinajstić information content (AvgIpc) is 4.09. The summed E-state index contributed by atoms with van der Waals surface area (Å²) in [4.78, 5) is 22.8. The van der Waals surface area contributed by atoms with Gasteiger partial charge in [0.05, 0.1) is 64.3 Å². The molecular formula is C44H40FN11O12S5. The van der Waals surface area contributed by atoms with Gasteiger partial charge in [0.25, 0.3) is 41.9 Å². The molecule has 9 N–H and O–H groups in total. The zero-order valence-corrected chi connectivity index (χ0v) is 42.0. The van der Waals surface area contributed by atoms with Crippen LogP contribution in [-0.4, -0.2) is 104 Å². The molecule has 0 fully saturated rings. The molecule has 0 bridgehead atoms. The summed E-state index contributed by atoms with van der Waals surface area (Å²) < 4.78 is 143. The molecule has 0 aliphatic heterocycles. The Morgan fingerprint density at radius 2 is 1.00 bits per heavy atom. The number of carbonyl (C=O) groups excluding carboxylic acids is 2. The zero-order chi connectivity index (χ0) is 53.1. The number of fused-ring (bicyclic) bond motifs is 3. The molecule has 73 heavy (non-hydrogen) atoms. The Kier molecular flexibility index (Phi) is 14.7. The number of hydrogen-bond donors (Lipinski definition) is 8. The zero-order valence-electron chi connectivity index (χ0n) is 37.9. The lowest BCUT2D eigenvalue weighted by molar-refractivity contribution is 0.0958. The van der Waals surface area contributed by atoms with Crippen LogP contribution < -0.4 is 25.2 Å². The number of nitrogens with one attached hydrogen (secondary N) is 7. The minimum atomic E-state index is -4.12. The van der Waals surface area contributed by atoms with E-state index >= 15 is 0 Å². The number of nitrogens with two attached hydrogens (primary N) is 1. The number of nitrogens with zero attached hydrogens (tertiary/aromatic N) is 3. The van der Waals surface area contributed by atoms with E-state index < -0.39 is 67.4 Å². The van der Waals surface area contributed by atoms with Crippen LogP contribution in [0.2, 0.25) is 0 Å². The second-order valence-electron chi connectivity index (χ2n) is 15.5. The van der Waals surface area contributed by atoms with Crippen LogP contribution in [0.4, 0.5) is 21.5 Å². The van der Waals surface area contributed by atoms with Gasteiger partial charge in [0.15, 0.2) is 31.1 Å². The van der Waals surface area contributed by atoms with E-state index in [0.717, 1.165) is 24.1 Å². The highest BCUT2D eigenvalue weighted by Gasteiger charge is 2.24. The first kappa shape index (κ1) is 52.6. The minimum Gasteiger partial charge on any atom is -0.364 e. The number of amides is 2. The standard InChI is InChI=1S/C16H16N4O5S2.C15H14N4O5S2.C13H10FN3O2S/c1-17-16(21)15-11-9-10(7-8-12(11)18-19-15)27(24,25)20-13-5-3-4-6-14(13)26(2,22)23;1-25(21,22)13-5-3-2-4-12(13)19-26(23,24)9-6-7-11-10(8-9)14(15(16)20)18-17-11;14-10-2-1-3-11(7-10)17-20(18,19)12-4-5-13-9(6-12)8-15-16-13/h3-9,20H,1-2H3,(H,17,21)(H,18,19);2-8,19H,1H3,(H2,16,20)(H,17,18);1-8,17H,(H,15,16). The normalized spacial score (nSPS) is 12.0. The van der Waals surface area contributed by atoms with Crippen molar-refractivity contribution in [2.45, 2.75) is 24.5 Å². The SMILES string of the molecule is CNC(=O)c1n[nH]c2ccc(S(=O)(=O)Nc3ccccc3S(C)(=O)=O)cc12.CS(=O)(=O)c1ccccc1NS(=O)(=O)c1ccc2[nH]nc(C(N)=O)c2c1.O=S(=O)(Nc1cccc(F)c1)c1ccc2[nH]ncc2c1. The number of halogens is 1. The van der Waals surface area contributed by atoms with E-state index in [2.05, 4.69) is 50.1 Å². The average molecular weight is 1090 g/mol. The van der Waals surface area contributed by atoms with Crippen molar-refractivity contribution in [2.75, 3.05) is 33.7 Å². The van der Waals surface area contributed by atoms with E-state index in [9.17, 15) is 56.1 Å². The van der Waals surface area contributed by atoms with Crippen molar-refractivity contribution in [3.8, 4) is 0 Å². The lowest BCUT2D eigenvalue weighted by Gasteiger charge is -2.11. The Morgan fingerprint density at radius 1 is 0.534 bits per heavy atom. The third kappa shape index (κ3) is 12.1. The number of sulfonamides is 3. The van der Waals surface area contributed by atoms with Gasteiger partial charge in [0, 0.05) is 35.7 Å². The number of para-hydroxylation sites is 2. The van der Waals surface area contributed by atoms with Crippen LogP contribution >= 0.6 is 0 Å². The third-order valence-electron chi connectivity index (χ3n) is 10.2. The maximum Gasteiger partial charge on any atom is 0.272 e. The van der Waals surface area contributed by atoms with Crippen molar-refractivity contribution >= 4 is 111 Å². The van der Waals surface area contributed by atoms with E-state index in [4.69, 9.17) is 5.73 Å². The van der Waals surface area contributed by atoms with Crippen molar-refractivity contribution in [1.82, 2.24) is 35.9 Å². The van der Waals surface area contributed by atoms with E-state index in [0.29, 0.717) is 21.8 Å². The molecule has 23 nitrogen and oxygen atoms in total. The van der Waals surface area contributed by atoms with E-state index in [1.54, 1.807) is 6.07 Å². The Hall–Kier alpha value is -8.25. The fourth-order valence-corrected chi connectivity index (χ4v) is 11.9. The van der Waals surface area contributed by atoms with E-state index in [1.165, 1.54) is 129 Å². The van der Waals surface area contributed by atoms with Crippen molar-refractivity contribution in [1.29, 1.82) is 0 Å². The van der Waals surface area contributed by atoms with Gasteiger partial charge in [-0.05, 0) is 97.1 Å². The number of rotatable bonds is 13. The van der Waals surface area contributed by atoms with Crippen LogP contribution in [0.1, 0.15) is 21.0 Å². The summed E-state index contributed by atoms with van der Waals surface area (Å²) in [7, 11) is -17.8. The number of aromatic nitrogens is 6. The van der Waals surface area contributed by atoms with Crippen LogP contribution in [-0.2, 0) is 49.7 Å². The number of sulfone groups is 2. The number of benzene rings is 6. The molecule has 0 aliphatic carbocycles. The molecule has 9 aromatic rings. The maximum absolute atomic E-state index is 13.1. The largest absolute Gasteiger partial charge is 0.364 e. The molecule has 0 atom stereocenters. The van der Waals surface area contributed by atoms with Crippen LogP contribution in [0.25, 0.3) is 32.7 Å². The molecule has 0 aliphatic rings. The number of primary amides is 1. The second kappa shape index (κ2) is 20.5. The molecule has 0 unspecified atom stereocenters. The highest BCUT2D eigenvalue weighted by molar-refractivity contribution is 7.94. The van der Waals surface area contributed by atoms with Gasteiger partial charge < -0.3 is 11.1 Å². The fourth-order valence-electron chi connectivity index (χ4n) is 6.81. The summed E-state index contributed by atoms with van der Waals surface area (Å²) >= 11 is 0. The van der Waals surface area contributed by atoms with Gasteiger partial charge in [-0.3, -0.25) is 39.1 Å². The lowest BCUT2D eigenvalue weighted by atomic mass is 10.2. The second-order valence-corrected chi connectivity index (χ2v) is 24.5. The summed E-state index contributed by atoms with van der Waals surface area (Å²) in [5.74, 6) is -1.78. The first-order valence-corrected chi connectivity index (χ1v) is 28.8. The first-order valence-electron chi connectivity index (χ1n) is 20.6. The fraction of sp³-hybridized carbons (Fsp3) is 0.0682. The Bertz CT molecular complexity index is 4200. The van der Waals surface area contributed by atoms with Crippen molar-refractivity contribution in [3.05, 3.63) is 151 Å². The molecular weight excluding hydrogens is 1050 g/mol. The summed E-state index contributed by atoms with van der Waals surface area (Å²) in [5.41, 5.74) is 6.91. The van der Waals surface area contributed by atoms with Crippen molar-refractivity contribution in [2.24, 2.45) is 5.73 Å². The monoisotopic (exact) mass is 1090 g/mol. The first-order chi connectivity index (χ1) is 34.3. The molecule has 380 valence electrons. The molecule has 0 spiro atoms. The Balaban J connectivity index is 0.000000162. The summed E-state index contributed by atoms with van der Waals surface area (Å²) in [6.45, 7) is 0. The van der Waals surface area contributed by atoms with Gasteiger partial charge in [-0.25, -0.2) is 46.5 Å². The Morgan fingerprint density at radius 3 is 1.49 bits per heavy atom. The smallest absolute Gasteiger partial charge is 0.272 e. The van der Waals surface area contributed by atoms with Gasteiger partial charge in [0.1, 0.15) is 5.82 Å². The summed E-state index contributed by atoms with van der Waals surface area (Å²) in [5, 5.41) is 23.1. The Labute approximate surface area is 415 Å². The summed E-state index contributed by atoms with van der Waals surface area (Å²) in [6, 6.07) is 29.3. The molecule has 2 amide bonds. The molecule has 0 saturated heterocycles. The maximum atomic E-state index is 13.1. The van der Waals surface area contributed by atoms with Gasteiger partial charge >= 0.3 is 0 Å². The molecule has 3 aromatic heterocycles. The van der Waals surface area contributed by atoms with Gasteiger partial charge in [-0.15, -0.1) is 0 Å². The van der Waals surface area contributed by atoms with Crippen LogP contribution in [0.15, 0.2) is 158 Å².